The summed E-state index contributed by atoms with van der Waals surface area (Å²) < 4.78 is 0. The molecule has 0 aromatic heterocycles. The van der Waals surface area contributed by atoms with E-state index in [4.69, 9.17) is 0 Å². The number of hydrogen-bond acceptors (Lipinski definition) is 8. The minimum absolute atomic E-state index is 0.0160. The van der Waals surface area contributed by atoms with Crippen molar-refractivity contribution in [3.05, 3.63) is 104 Å². The molecular formula is C25H22N4O6S. The highest BCUT2D eigenvalue weighted by molar-refractivity contribution is 7.98. The number of nitrogens with zero attached hydrogens (tertiary/aromatic N) is 4. The Labute approximate surface area is 210 Å². The number of hydrogen-bond donors (Lipinski definition) is 0. The van der Waals surface area contributed by atoms with Gasteiger partial charge < -0.3 is 9.80 Å². The summed E-state index contributed by atoms with van der Waals surface area (Å²) in [5, 5.41) is 22.3. The van der Waals surface area contributed by atoms with Crippen molar-refractivity contribution >= 4 is 40.5 Å². The van der Waals surface area contributed by atoms with Crippen LogP contribution in [0.1, 0.15) is 26.3 Å². The number of piperazine rings is 1. The van der Waals surface area contributed by atoms with Crippen molar-refractivity contribution in [3.63, 3.8) is 0 Å². The molecular weight excluding hydrogens is 484 g/mol. The summed E-state index contributed by atoms with van der Waals surface area (Å²) in [7, 11) is 0. The van der Waals surface area contributed by atoms with Crippen molar-refractivity contribution in [2.45, 2.75) is 4.90 Å². The smallest absolute Gasteiger partial charge is 0.283 e. The quantitative estimate of drug-likeness (QED) is 0.199. The molecule has 1 aliphatic heterocycles. The topological polar surface area (TPSA) is 127 Å². The van der Waals surface area contributed by atoms with Gasteiger partial charge in [0.05, 0.1) is 20.3 Å². The van der Waals surface area contributed by atoms with E-state index in [1.165, 1.54) is 42.1 Å². The summed E-state index contributed by atoms with van der Waals surface area (Å²) in [5.74, 6) is -0.753. The Balaban J connectivity index is 1.51. The molecule has 10 nitrogen and oxygen atoms in total. The van der Waals surface area contributed by atoms with Gasteiger partial charge in [0, 0.05) is 61.2 Å². The maximum absolute atomic E-state index is 13.4. The second-order valence-electron chi connectivity index (χ2n) is 8.07. The molecule has 1 fully saturated rings. The SMILES string of the molecule is CSc1ccc(C(=O)c2ccccc2C(=O)N2CCN(c3ccc([N+](=O)[O-])cc3)CC2)cc1[N+](=O)[O-]. The van der Waals surface area contributed by atoms with E-state index in [9.17, 15) is 29.8 Å². The van der Waals surface area contributed by atoms with E-state index < -0.39 is 15.6 Å². The number of nitro groups is 2. The number of nitro benzene ring substituents is 2. The second kappa shape index (κ2) is 10.6. The van der Waals surface area contributed by atoms with Crippen LogP contribution in [0, 0.1) is 20.2 Å². The molecule has 36 heavy (non-hydrogen) atoms. The van der Waals surface area contributed by atoms with Gasteiger partial charge in [-0.15, -0.1) is 11.8 Å². The van der Waals surface area contributed by atoms with Crippen molar-refractivity contribution in [1.82, 2.24) is 4.90 Å². The third-order valence-corrected chi connectivity index (χ3v) is 6.82. The van der Waals surface area contributed by atoms with Crippen molar-refractivity contribution in [2.24, 2.45) is 0 Å². The van der Waals surface area contributed by atoms with Crippen LogP contribution >= 0.6 is 11.8 Å². The Hall–Kier alpha value is -4.25. The third-order valence-electron chi connectivity index (χ3n) is 6.03. The van der Waals surface area contributed by atoms with Crippen LogP contribution in [0.15, 0.2) is 71.6 Å². The first-order chi connectivity index (χ1) is 17.3. The van der Waals surface area contributed by atoms with Gasteiger partial charge >= 0.3 is 0 Å². The summed E-state index contributed by atoms with van der Waals surface area (Å²) >= 11 is 1.22. The Kier molecular flexibility index (Phi) is 7.30. The van der Waals surface area contributed by atoms with E-state index in [-0.39, 0.29) is 34.0 Å². The van der Waals surface area contributed by atoms with Crippen LogP contribution in [0.4, 0.5) is 17.1 Å². The molecule has 0 aliphatic carbocycles. The molecule has 3 aromatic carbocycles. The summed E-state index contributed by atoms with van der Waals surface area (Å²) in [6, 6.07) is 17.1. The van der Waals surface area contributed by atoms with Gasteiger partial charge in [-0.25, -0.2) is 0 Å². The maximum atomic E-state index is 13.4. The van der Waals surface area contributed by atoms with E-state index in [1.54, 1.807) is 47.6 Å². The zero-order valence-corrected chi connectivity index (χ0v) is 20.1. The van der Waals surface area contributed by atoms with Crippen LogP contribution < -0.4 is 4.90 Å². The lowest BCUT2D eigenvalue weighted by Gasteiger charge is -2.36. The number of ketones is 1. The monoisotopic (exact) mass is 506 g/mol. The summed E-state index contributed by atoms with van der Waals surface area (Å²) in [6.07, 6.45) is 1.72. The lowest BCUT2D eigenvalue weighted by atomic mass is 9.97. The van der Waals surface area contributed by atoms with Crippen LogP contribution in [0.2, 0.25) is 0 Å². The highest BCUT2D eigenvalue weighted by atomic mass is 32.2. The number of carbonyl (C=O) groups excluding carboxylic acids is 2. The number of benzene rings is 3. The molecule has 0 saturated carbocycles. The fourth-order valence-corrected chi connectivity index (χ4v) is 4.67. The van der Waals surface area contributed by atoms with Gasteiger partial charge in [-0.1, -0.05) is 18.2 Å². The zero-order valence-electron chi connectivity index (χ0n) is 19.3. The standard InChI is InChI=1S/C25H22N4O6S/c1-36-23-11-6-17(16-22(23)29(34)35)24(30)20-4-2-3-5-21(20)25(31)27-14-12-26(13-15-27)18-7-9-19(10-8-18)28(32)33/h2-11,16H,12-15H2,1H3. The molecule has 0 atom stereocenters. The molecule has 0 N–H and O–H groups in total. The van der Waals surface area contributed by atoms with Crippen molar-refractivity contribution in [1.29, 1.82) is 0 Å². The number of amides is 1. The fourth-order valence-electron chi connectivity index (χ4n) is 4.12. The molecule has 1 heterocycles. The lowest BCUT2D eigenvalue weighted by molar-refractivity contribution is -0.387. The molecule has 3 aromatic rings. The van der Waals surface area contributed by atoms with Gasteiger partial charge in [0.25, 0.3) is 17.3 Å². The largest absolute Gasteiger partial charge is 0.368 e. The first-order valence-electron chi connectivity index (χ1n) is 11.0. The Morgan fingerprint density at radius 3 is 2.06 bits per heavy atom. The van der Waals surface area contributed by atoms with Crippen LogP contribution in [0.25, 0.3) is 0 Å². The molecule has 1 saturated heterocycles. The van der Waals surface area contributed by atoms with Gasteiger partial charge in [-0.3, -0.25) is 29.8 Å². The van der Waals surface area contributed by atoms with Crippen molar-refractivity contribution in [3.8, 4) is 0 Å². The van der Waals surface area contributed by atoms with Gasteiger partial charge in [-0.05, 0) is 36.6 Å². The number of rotatable bonds is 7. The van der Waals surface area contributed by atoms with Gasteiger partial charge in [-0.2, -0.15) is 0 Å². The van der Waals surface area contributed by atoms with Crippen LogP contribution in [0.3, 0.4) is 0 Å². The Morgan fingerprint density at radius 1 is 0.833 bits per heavy atom. The average Bonchev–Trinajstić information content (AvgIpc) is 2.92. The van der Waals surface area contributed by atoms with Gasteiger partial charge in [0.1, 0.15) is 0 Å². The average molecular weight is 507 g/mol. The van der Waals surface area contributed by atoms with Gasteiger partial charge in [0.2, 0.25) is 0 Å². The fraction of sp³-hybridized carbons (Fsp3) is 0.200. The van der Waals surface area contributed by atoms with Crippen molar-refractivity contribution in [2.75, 3.05) is 37.3 Å². The lowest BCUT2D eigenvalue weighted by Crippen LogP contribution is -2.49. The van der Waals surface area contributed by atoms with E-state index in [2.05, 4.69) is 0 Å². The molecule has 184 valence electrons. The van der Waals surface area contributed by atoms with E-state index >= 15 is 0 Å². The number of anilines is 1. The maximum Gasteiger partial charge on any atom is 0.283 e. The molecule has 4 rings (SSSR count). The first-order valence-corrected chi connectivity index (χ1v) is 12.3. The Morgan fingerprint density at radius 2 is 1.47 bits per heavy atom. The predicted octanol–water partition coefficient (Wildman–Crippen LogP) is 4.42. The summed E-state index contributed by atoms with van der Waals surface area (Å²) in [4.78, 5) is 52.1. The highest BCUT2D eigenvalue weighted by Gasteiger charge is 2.27. The predicted molar refractivity (Wildman–Crippen MR) is 136 cm³/mol. The summed E-state index contributed by atoms with van der Waals surface area (Å²) in [5.41, 5.74) is 1.26. The molecule has 0 radical (unpaired) electrons. The molecule has 0 spiro atoms. The molecule has 0 bridgehead atoms. The second-order valence-corrected chi connectivity index (χ2v) is 8.92. The minimum Gasteiger partial charge on any atom is -0.368 e. The molecule has 1 amide bonds. The summed E-state index contributed by atoms with van der Waals surface area (Å²) in [6.45, 7) is 1.88. The van der Waals surface area contributed by atoms with Gasteiger partial charge in [0.15, 0.2) is 5.78 Å². The molecule has 0 unspecified atom stereocenters. The van der Waals surface area contributed by atoms with Crippen LogP contribution in [-0.4, -0.2) is 58.9 Å². The van der Waals surface area contributed by atoms with E-state index in [0.717, 1.165) is 5.69 Å². The number of thioether (sulfide) groups is 1. The minimum atomic E-state index is -0.524. The third kappa shape index (κ3) is 5.05. The molecule has 1 aliphatic rings. The number of carbonyl (C=O) groups is 2. The highest BCUT2D eigenvalue weighted by Crippen LogP contribution is 2.30. The zero-order chi connectivity index (χ0) is 25.8. The number of non-ortho nitro benzene ring substituents is 1. The molecule has 11 heteroatoms. The first kappa shape index (κ1) is 24.9. The van der Waals surface area contributed by atoms with Crippen LogP contribution in [0.5, 0.6) is 0 Å². The normalized spacial score (nSPS) is 13.4. The Bertz CT molecular complexity index is 1340. The van der Waals surface area contributed by atoms with Crippen LogP contribution in [-0.2, 0) is 0 Å². The van der Waals surface area contributed by atoms with E-state index in [1.807, 2.05) is 4.90 Å². The van der Waals surface area contributed by atoms with Crippen molar-refractivity contribution < 1.29 is 19.4 Å². The van der Waals surface area contributed by atoms with E-state index in [0.29, 0.717) is 31.1 Å².